The Balaban J connectivity index is 2.56. The lowest BCUT2D eigenvalue weighted by atomic mass is 10.0. The van der Waals surface area contributed by atoms with Gasteiger partial charge < -0.3 is 15.4 Å². The highest BCUT2D eigenvalue weighted by Crippen LogP contribution is 2.12. The van der Waals surface area contributed by atoms with E-state index < -0.39 is 6.09 Å². The molecule has 20 heavy (non-hydrogen) atoms. The van der Waals surface area contributed by atoms with E-state index in [2.05, 4.69) is 22.2 Å². The van der Waals surface area contributed by atoms with Crippen molar-refractivity contribution in [3.63, 3.8) is 0 Å². The van der Waals surface area contributed by atoms with Gasteiger partial charge in [-0.15, -0.1) is 0 Å². The van der Waals surface area contributed by atoms with Crippen molar-refractivity contribution in [2.75, 3.05) is 19.7 Å². The Bertz CT molecular complexity index is 448. The molecular weight excluding hydrogens is 258 g/mol. The number of amides is 2. The number of nitrogens with zero attached hydrogens (tertiary/aromatic N) is 1. The number of rotatable bonds is 7. The molecule has 0 spiro atoms. The fourth-order valence-electron chi connectivity index (χ4n) is 1.58. The maximum Gasteiger partial charge on any atom is 0.407 e. The number of alkyl carbamates (subject to hydrolysis) is 1. The molecule has 0 aromatic carbocycles. The summed E-state index contributed by atoms with van der Waals surface area (Å²) in [6, 6.07) is 3.71. The Morgan fingerprint density at radius 1 is 1.45 bits per heavy atom. The van der Waals surface area contributed by atoms with Crippen LogP contribution < -0.4 is 10.6 Å². The van der Waals surface area contributed by atoms with Crippen LogP contribution in [0.2, 0.25) is 0 Å². The average Bonchev–Trinajstić information content (AvgIpc) is 2.45. The Morgan fingerprint density at radius 3 is 2.80 bits per heavy atom. The number of pyridine rings is 1. The summed E-state index contributed by atoms with van der Waals surface area (Å²) in [6.45, 7) is 5.84. The van der Waals surface area contributed by atoms with Gasteiger partial charge in [-0.2, -0.15) is 0 Å². The van der Waals surface area contributed by atoms with Crippen LogP contribution >= 0.6 is 0 Å². The monoisotopic (exact) mass is 277 g/mol. The molecule has 0 aliphatic carbocycles. The van der Waals surface area contributed by atoms with Crippen LogP contribution in [0.5, 0.6) is 0 Å². The summed E-state index contributed by atoms with van der Waals surface area (Å²) < 4.78 is 4.83. The fraction of sp³-hybridized carbons (Fsp3) is 0.357. The van der Waals surface area contributed by atoms with Crippen LogP contribution in [0.25, 0.3) is 0 Å². The smallest absolute Gasteiger partial charge is 0.407 e. The molecule has 1 aromatic heterocycles. The van der Waals surface area contributed by atoms with E-state index in [4.69, 9.17) is 4.74 Å². The highest BCUT2D eigenvalue weighted by atomic mass is 16.5. The zero-order valence-electron chi connectivity index (χ0n) is 11.5. The SMILES string of the molecule is C=CCOC(=O)NC[C@@H](CNC(C)=O)c1cccnc1. The van der Waals surface area contributed by atoms with Crippen LogP contribution in [-0.4, -0.2) is 36.7 Å². The van der Waals surface area contributed by atoms with E-state index in [0.717, 1.165) is 5.56 Å². The van der Waals surface area contributed by atoms with Gasteiger partial charge in [0.15, 0.2) is 0 Å². The predicted molar refractivity (Wildman–Crippen MR) is 75.2 cm³/mol. The van der Waals surface area contributed by atoms with E-state index in [0.29, 0.717) is 13.1 Å². The van der Waals surface area contributed by atoms with Crippen LogP contribution in [0.1, 0.15) is 18.4 Å². The summed E-state index contributed by atoms with van der Waals surface area (Å²) in [4.78, 5) is 26.4. The first-order valence-electron chi connectivity index (χ1n) is 6.29. The molecule has 0 aliphatic heterocycles. The molecule has 1 heterocycles. The van der Waals surface area contributed by atoms with E-state index in [9.17, 15) is 9.59 Å². The summed E-state index contributed by atoms with van der Waals surface area (Å²) >= 11 is 0. The third kappa shape index (κ3) is 5.99. The Labute approximate surface area is 118 Å². The van der Waals surface area contributed by atoms with Gasteiger partial charge in [0.2, 0.25) is 5.91 Å². The normalized spacial score (nSPS) is 11.2. The minimum absolute atomic E-state index is 0.0659. The third-order valence-corrected chi connectivity index (χ3v) is 2.58. The number of carbonyl (C=O) groups is 2. The van der Waals surface area contributed by atoms with Gasteiger partial charge >= 0.3 is 6.09 Å². The summed E-state index contributed by atoms with van der Waals surface area (Å²) in [5.41, 5.74) is 0.935. The van der Waals surface area contributed by atoms with Crippen molar-refractivity contribution in [1.29, 1.82) is 0 Å². The van der Waals surface area contributed by atoms with Crippen molar-refractivity contribution in [2.45, 2.75) is 12.8 Å². The number of aromatic nitrogens is 1. The van der Waals surface area contributed by atoms with E-state index in [1.807, 2.05) is 12.1 Å². The first-order valence-corrected chi connectivity index (χ1v) is 6.29. The van der Waals surface area contributed by atoms with Crippen LogP contribution in [0.15, 0.2) is 37.2 Å². The number of ether oxygens (including phenoxy) is 1. The number of hydrogen-bond acceptors (Lipinski definition) is 4. The molecule has 6 nitrogen and oxygen atoms in total. The minimum Gasteiger partial charge on any atom is -0.445 e. The summed E-state index contributed by atoms with van der Waals surface area (Å²) in [5.74, 6) is -0.183. The van der Waals surface area contributed by atoms with Crippen molar-refractivity contribution in [3.8, 4) is 0 Å². The summed E-state index contributed by atoms with van der Waals surface area (Å²) in [7, 11) is 0. The number of hydrogen-bond donors (Lipinski definition) is 2. The van der Waals surface area contributed by atoms with Gasteiger partial charge in [-0.3, -0.25) is 9.78 Å². The Hall–Kier alpha value is -2.37. The second-order valence-electron chi connectivity index (χ2n) is 4.19. The third-order valence-electron chi connectivity index (χ3n) is 2.58. The second kappa shape index (κ2) is 8.68. The van der Waals surface area contributed by atoms with Crippen molar-refractivity contribution in [1.82, 2.24) is 15.6 Å². The molecule has 1 aromatic rings. The Morgan fingerprint density at radius 2 is 2.20 bits per heavy atom. The highest BCUT2D eigenvalue weighted by molar-refractivity contribution is 5.72. The first-order chi connectivity index (χ1) is 9.63. The average molecular weight is 277 g/mol. The molecule has 1 atom stereocenters. The molecule has 2 N–H and O–H groups in total. The van der Waals surface area contributed by atoms with Gasteiger partial charge in [-0.25, -0.2) is 4.79 Å². The zero-order valence-corrected chi connectivity index (χ0v) is 11.5. The molecule has 0 aliphatic rings. The quantitative estimate of drug-likeness (QED) is 0.734. The van der Waals surface area contributed by atoms with Crippen LogP contribution in [0.3, 0.4) is 0 Å². The summed E-state index contributed by atoms with van der Waals surface area (Å²) in [6.07, 6.45) is 4.37. The molecule has 6 heteroatoms. The van der Waals surface area contributed by atoms with Crippen molar-refractivity contribution in [3.05, 3.63) is 42.7 Å². The number of carbonyl (C=O) groups excluding carboxylic acids is 2. The van der Waals surface area contributed by atoms with E-state index in [1.54, 1.807) is 12.4 Å². The summed E-state index contributed by atoms with van der Waals surface area (Å²) in [5, 5.41) is 5.39. The van der Waals surface area contributed by atoms with Gasteiger partial charge in [-0.1, -0.05) is 18.7 Å². The van der Waals surface area contributed by atoms with Gasteiger partial charge in [0.25, 0.3) is 0 Å². The van der Waals surface area contributed by atoms with Crippen LogP contribution in [0, 0.1) is 0 Å². The zero-order chi connectivity index (χ0) is 14.8. The van der Waals surface area contributed by atoms with Crippen LogP contribution in [0.4, 0.5) is 4.79 Å². The lowest BCUT2D eigenvalue weighted by Crippen LogP contribution is -2.35. The largest absolute Gasteiger partial charge is 0.445 e. The number of nitrogens with one attached hydrogen (secondary N) is 2. The van der Waals surface area contributed by atoms with E-state index >= 15 is 0 Å². The Kier molecular flexibility index (Phi) is 6.81. The molecule has 0 fully saturated rings. The molecule has 0 radical (unpaired) electrons. The van der Waals surface area contributed by atoms with Crippen LogP contribution in [-0.2, 0) is 9.53 Å². The molecule has 2 amide bonds. The van der Waals surface area contributed by atoms with Gasteiger partial charge in [0.1, 0.15) is 6.61 Å². The minimum atomic E-state index is -0.512. The topological polar surface area (TPSA) is 80.3 Å². The lowest BCUT2D eigenvalue weighted by molar-refractivity contribution is -0.119. The lowest BCUT2D eigenvalue weighted by Gasteiger charge is -2.17. The molecule has 0 saturated carbocycles. The molecular formula is C14H19N3O3. The highest BCUT2D eigenvalue weighted by Gasteiger charge is 2.14. The van der Waals surface area contributed by atoms with Crippen molar-refractivity contribution in [2.24, 2.45) is 0 Å². The standard InChI is InChI=1S/C14H19N3O3/c1-3-7-20-14(19)17-10-13(9-16-11(2)18)12-5-4-6-15-8-12/h3-6,8,13H,1,7,9-10H2,2H3,(H,16,18)(H,17,19)/t13-/m1/s1. The first kappa shape index (κ1) is 15.7. The molecule has 0 bridgehead atoms. The van der Waals surface area contributed by atoms with E-state index in [1.165, 1.54) is 13.0 Å². The molecule has 0 saturated heterocycles. The van der Waals surface area contributed by atoms with Gasteiger partial charge in [0, 0.05) is 38.3 Å². The maximum atomic E-state index is 11.4. The molecule has 108 valence electrons. The molecule has 1 rings (SSSR count). The van der Waals surface area contributed by atoms with Crippen molar-refractivity contribution >= 4 is 12.0 Å². The molecule has 0 unspecified atom stereocenters. The second-order valence-corrected chi connectivity index (χ2v) is 4.19. The van der Waals surface area contributed by atoms with E-state index in [-0.39, 0.29) is 18.4 Å². The van der Waals surface area contributed by atoms with Crippen molar-refractivity contribution < 1.29 is 14.3 Å². The maximum absolute atomic E-state index is 11.4. The van der Waals surface area contributed by atoms with Gasteiger partial charge in [-0.05, 0) is 11.6 Å². The van der Waals surface area contributed by atoms with Gasteiger partial charge in [0.05, 0.1) is 0 Å². The predicted octanol–water partition coefficient (Wildman–Crippen LogP) is 1.21. The fourth-order valence-corrected chi connectivity index (χ4v) is 1.58.